The van der Waals surface area contributed by atoms with Crippen LogP contribution in [0.5, 0.6) is 5.75 Å². The molecule has 0 aliphatic rings. The van der Waals surface area contributed by atoms with Gasteiger partial charge in [-0.3, -0.25) is 4.98 Å². The van der Waals surface area contributed by atoms with Crippen molar-refractivity contribution in [2.24, 2.45) is 0 Å². The van der Waals surface area contributed by atoms with Crippen molar-refractivity contribution in [1.82, 2.24) is 4.98 Å². The van der Waals surface area contributed by atoms with Crippen molar-refractivity contribution in [3.8, 4) is 5.75 Å². The molecule has 2 rings (SSSR count). The van der Waals surface area contributed by atoms with Gasteiger partial charge < -0.3 is 15.3 Å². The molecule has 0 amide bonds. The molecule has 1 aromatic heterocycles. The minimum absolute atomic E-state index is 0.0773. The van der Waals surface area contributed by atoms with E-state index >= 15 is 0 Å². The topological polar surface area (TPSA) is 73.6 Å². The van der Waals surface area contributed by atoms with Gasteiger partial charge in [-0.2, -0.15) is 0 Å². The highest BCUT2D eigenvalue weighted by Gasteiger charge is 2.08. The summed E-state index contributed by atoms with van der Waals surface area (Å²) in [4.78, 5) is 4.42. The molecule has 1 atom stereocenters. The number of aromatic hydroxyl groups is 1. The van der Waals surface area contributed by atoms with Crippen LogP contribution < -0.4 is 0 Å². The number of nitrogens with zero attached hydrogens (tertiary/aromatic N) is 1. The number of rotatable bonds is 7. The molecule has 0 unspecified atom stereocenters. The second-order valence-electron chi connectivity index (χ2n) is 6.10. The Hall–Kier alpha value is -2.43. The van der Waals surface area contributed by atoms with E-state index in [9.17, 15) is 10.2 Å². The molecule has 3 N–H and O–H groups in total. The molecule has 0 aliphatic carbocycles. The highest BCUT2D eigenvalue weighted by molar-refractivity contribution is 5.80. The van der Waals surface area contributed by atoms with Gasteiger partial charge in [-0.05, 0) is 79.3 Å². The number of aryl methyl sites for hydroxylation is 2. The average Bonchev–Trinajstić information content (AvgIpc) is 2.62. The second kappa shape index (κ2) is 9.16. The number of aliphatic hydroxyl groups is 2. The average molecular weight is 339 g/mol. The lowest BCUT2D eigenvalue weighted by Crippen LogP contribution is -2.03. The van der Waals surface area contributed by atoms with Crippen molar-refractivity contribution in [2.45, 2.75) is 32.8 Å². The van der Waals surface area contributed by atoms with E-state index in [1.54, 1.807) is 18.3 Å². The van der Waals surface area contributed by atoms with Crippen LogP contribution in [0.4, 0.5) is 0 Å². The van der Waals surface area contributed by atoms with Crippen molar-refractivity contribution in [3.05, 3.63) is 71.1 Å². The molecule has 1 heterocycles. The molecule has 0 radical (unpaired) electrons. The van der Waals surface area contributed by atoms with E-state index < -0.39 is 6.10 Å². The van der Waals surface area contributed by atoms with Gasteiger partial charge >= 0.3 is 0 Å². The standard InChI is InChI=1S/C21H25NO3/c1-15-12-17(13-16(2)21(15)25)14-18(20-7-3-4-10-22-20)8-9-19(24)6-5-11-23/h3-7,10,12-14,19,23-25H,8-9,11H2,1-2H3/b6-5-,18-14-/t19-/m0/s1. The van der Waals surface area contributed by atoms with Gasteiger partial charge in [0, 0.05) is 6.20 Å². The number of aromatic nitrogens is 1. The highest BCUT2D eigenvalue weighted by atomic mass is 16.3. The number of benzene rings is 1. The zero-order valence-corrected chi connectivity index (χ0v) is 14.7. The quantitative estimate of drug-likeness (QED) is 0.674. The molecule has 0 fully saturated rings. The van der Waals surface area contributed by atoms with Crippen molar-refractivity contribution < 1.29 is 15.3 Å². The summed E-state index contributed by atoms with van der Waals surface area (Å²) >= 11 is 0. The van der Waals surface area contributed by atoms with Crippen LogP contribution in [0.2, 0.25) is 0 Å². The number of allylic oxidation sites excluding steroid dienone is 1. The zero-order chi connectivity index (χ0) is 18.2. The summed E-state index contributed by atoms with van der Waals surface area (Å²) in [6.07, 6.45) is 7.51. The number of phenols is 1. The van der Waals surface area contributed by atoms with Crippen LogP contribution in [0.3, 0.4) is 0 Å². The molecule has 0 spiro atoms. The van der Waals surface area contributed by atoms with Crippen LogP contribution in [0.25, 0.3) is 11.6 Å². The Balaban J connectivity index is 2.30. The summed E-state index contributed by atoms with van der Waals surface area (Å²) in [5.41, 5.74) is 4.54. The summed E-state index contributed by atoms with van der Waals surface area (Å²) in [5, 5.41) is 28.7. The zero-order valence-electron chi connectivity index (χ0n) is 14.7. The van der Waals surface area contributed by atoms with Gasteiger partial charge in [-0.1, -0.05) is 18.2 Å². The summed E-state index contributed by atoms with van der Waals surface area (Å²) in [6.45, 7) is 3.68. The summed E-state index contributed by atoms with van der Waals surface area (Å²) < 4.78 is 0. The lowest BCUT2D eigenvalue weighted by Gasteiger charge is -2.11. The largest absolute Gasteiger partial charge is 0.507 e. The van der Waals surface area contributed by atoms with Crippen LogP contribution in [-0.4, -0.2) is 33.0 Å². The number of hydrogen-bond donors (Lipinski definition) is 3. The molecule has 4 heteroatoms. The van der Waals surface area contributed by atoms with Crippen LogP contribution in [0.15, 0.2) is 48.7 Å². The van der Waals surface area contributed by atoms with Crippen molar-refractivity contribution in [3.63, 3.8) is 0 Å². The molecule has 0 bridgehead atoms. The van der Waals surface area contributed by atoms with Crippen molar-refractivity contribution in [1.29, 1.82) is 0 Å². The first-order valence-corrected chi connectivity index (χ1v) is 8.39. The maximum atomic E-state index is 9.99. The number of aliphatic hydroxyl groups excluding tert-OH is 2. The second-order valence-corrected chi connectivity index (χ2v) is 6.10. The van der Waals surface area contributed by atoms with E-state index in [0.717, 1.165) is 28.0 Å². The van der Waals surface area contributed by atoms with Crippen LogP contribution >= 0.6 is 0 Å². The molecule has 25 heavy (non-hydrogen) atoms. The van der Waals surface area contributed by atoms with Gasteiger partial charge in [-0.15, -0.1) is 0 Å². The van der Waals surface area contributed by atoms with E-state index in [4.69, 9.17) is 5.11 Å². The monoisotopic (exact) mass is 339 g/mol. The van der Waals surface area contributed by atoms with Gasteiger partial charge in [-0.25, -0.2) is 0 Å². The third-order valence-corrected chi connectivity index (χ3v) is 4.02. The van der Waals surface area contributed by atoms with Crippen molar-refractivity contribution in [2.75, 3.05) is 6.61 Å². The van der Waals surface area contributed by atoms with E-state index in [1.165, 1.54) is 0 Å². The third-order valence-electron chi connectivity index (χ3n) is 4.02. The van der Waals surface area contributed by atoms with Crippen molar-refractivity contribution >= 4 is 11.6 Å². The molecule has 1 aromatic carbocycles. The van der Waals surface area contributed by atoms with Gasteiger partial charge in [0.2, 0.25) is 0 Å². The third kappa shape index (κ3) is 5.55. The van der Waals surface area contributed by atoms with E-state index in [0.29, 0.717) is 18.6 Å². The Morgan fingerprint density at radius 1 is 1.20 bits per heavy atom. The summed E-state index contributed by atoms with van der Waals surface area (Å²) in [6, 6.07) is 9.63. The smallest absolute Gasteiger partial charge is 0.121 e. The molecule has 2 aromatic rings. The van der Waals surface area contributed by atoms with Crippen LogP contribution in [-0.2, 0) is 0 Å². The lowest BCUT2D eigenvalue weighted by molar-refractivity contribution is 0.213. The van der Waals surface area contributed by atoms with Crippen LogP contribution in [0.1, 0.15) is 35.2 Å². The Morgan fingerprint density at radius 2 is 1.92 bits per heavy atom. The predicted molar refractivity (Wildman–Crippen MR) is 101 cm³/mol. The molecule has 0 saturated heterocycles. The van der Waals surface area contributed by atoms with E-state index in [2.05, 4.69) is 4.98 Å². The Morgan fingerprint density at radius 3 is 2.52 bits per heavy atom. The fourth-order valence-electron chi connectivity index (χ4n) is 2.72. The number of hydrogen-bond acceptors (Lipinski definition) is 4. The summed E-state index contributed by atoms with van der Waals surface area (Å²) in [7, 11) is 0. The fourth-order valence-corrected chi connectivity index (χ4v) is 2.72. The molecule has 0 aliphatic heterocycles. The molecular formula is C21H25NO3. The Kier molecular flexibility index (Phi) is 6.92. The minimum atomic E-state index is -0.609. The SMILES string of the molecule is Cc1cc(/C=C(/CC[C@@H](O)/C=C\CO)c2ccccn2)cc(C)c1O. The first-order chi connectivity index (χ1) is 12.0. The maximum Gasteiger partial charge on any atom is 0.121 e. The van der Waals surface area contributed by atoms with Crippen LogP contribution in [0, 0.1) is 13.8 Å². The Bertz CT molecular complexity index is 728. The number of pyridine rings is 1. The molecule has 4 nitrogen and oxygen atoms in total. The van der Waals surface area contributed by atoms with E-state index in [-0.39, 0.29) is 6.61 Å². The predicted octanol–water partition coefficient (Wildman–Crippen LogP) is 3.63. The molecule has 0 saturated carbocycles. The highest BCUT2D eigenvalue weighted by Crippen LogP contribution is 2.27. The first-order valence-electron chi connectivity index (χ1n) is 8.39. The first kappa shape index (κ1) is 18.9. The van der Waals surface area contributed by atoms with E-state index in [1.807, 2.05) is 50.3 Å². The summed E-state index contributed by atoms with van der Waals surface area (Å²) in [5.74, 6) is 0.320. The van der Waals surface area contributed by atoms with Gasteiger partial charge in [0.25, 0.3) is 0 Å². The Labute approximate surface area is 148 Å². The normalized spacial score (nSPS) is 13.4. The van der Waals surface area contributed by atoms with Gasteiger partial charge in [0.05, 0.1) is 18.4 Å². The lowest BCUT2D eigenvalue weighted by atomic mass is 9.98. The maximum absolute atomic E-state index is 9.99. The van der Waals surface area contributed by atoms with Gasteiger partial charge in [0.1, 0.15) is 5.75 Å². The number of phenolic OH excluding ortho intramolecular Hbond substituents is 1. The molecule has 132 valence electrons. The van der Waals surface area contributed by atoms with Gasteiger partial charge in [0.15, 0.2) is 0 Å². The minimum Gasteiger partial charge on any atom is -0.507 e. The molecular weight excluding hydrogens is 314 g/mol. The fraction of sp³-hybridized carbons (Fsp3) is 0.286.